The Hall–Kier alpha value is -3.17. The number of nitrogens with zero attached hydrogens (tertiary/aromatic N) is 1. The molecule has 3 aromatic carbocycles. The van der Waals surface area contributed by atoms with Crippen molar-refractivity contribution in [1.82, 2.24) is 0 Å². The Morgan fingerprint density at radius 2 is 1.41 bits per heavy atom. The highest BCUT2D eigenvalue weighted by Gasteiger charge is 2.36. The third kappa shape index (κ3) is 2.96. The van der Waals surface area contributed by atoms with Crippen LogP contribution in [0.4, 0.5) is 5.69 Å². The number of hydrogen-bond donors (Lipinski definition) is 0. The maximum atomic E-state index is 13.4. The van der Waals surface area contributed by atoms with Gasteiger partial charge in [0.2, 0.25) is 0 Å². The molecule has 3 aromatic rings. The van der Waals surface area contributed by atoms with Gasteiger partial charge >= 0.3 is 0 Å². The number of fused-ring (bicyclic) bond motifs is 1. The number of hydrogen-bond acceptors (Lipinski definition) is 2. The zero-order chi connectivity index (χ0) is 19.0. The van der Waals surface area contributed by atoms with Crippen LogP contribution >= 0.6 is 11.6 Å². The number of aryl methyl sites for hydroxylation is 1. The molecule has 27 heavy (non-hydrogen) atoms. The van der Waals surface area contributed by atoms with Gasteiger partial charge in [0, 0.05) is 16.2 Å². The Bertz CT molecular complexity index is 1100. The lowest BCUT2D eigenvalue weighted by molar-refractivity contribution is -0.112. The zero-order valence-electron chi connectivity index (χ0n) is 14.6. The van der Waals surface area contributed by atoms with Gasteiger partial charge < -0.3 is 0 Å². The van der Waals surface area contributed by atoms with Crippen LogP contribution in [0.3, 0.4) is 0 Å². The van der Waals surface area contributed by atoms with E-state index in [9.17, 15) is 9.59 Å². The average molecular weight is 374 g/mol. The maximum absolute atomic E-state index is 13.4. The van der Waals surface area contributed by atoms with Gasteiger partial charge in [-0.3, -0.25) is 9.59 Å². The Morgan fingerprint density at radius 1 is 0.778 bits per heavy atom. The van der Waals surface area contributed by atoms with Gasteiger partial charge in [0.15, 0.2) is 0 Å². The summed E-state index contributed by atoms with van der Waals surface area (Å²) in [6, 6.07) is 21.9. The number of carbonyl (C=O) groups is 2. The van der Waals surface area contributed by atoms with Gasteiger partial charge in [0.05, 0.1) is 5.69 Å². The first-order valence-corrected chi connectivity index (χ1v) is 8.96. The Balaban J connectivity index is 1.95. The van der Waals surface area contributed by atoms with Gasteiger partial charge in [-0.15, -0.1) is 0 Å². The van der Waals surface area contributed by atoms with Gasteiger partial charge in [-0.05, 0) is 47.9 Å². The van der Waals surface area contributed by atoms with Crippen molar-refractivity contribution in [2.45, 2.75) is 6.92 Å². The van der Waals surface area contributed by atoms with Crippen LogP contribution in [0.15, 0.2) is 72.8 Å². The van der Waals surface area contributed by atoms with E-state index in [-0.39, 0.29) is 11.8 Å². The van der Waals surface area contributed by atoms with Crippen molar-refractivity contribution in [3.05, 3.63) is 100 Å². The Labute approximate surface area is 162 Å². The predicted molar refractivity (Wildman–Crippen MR) is 109 cm³/mol. The van der Waals surface area contributed by atoms with E-state index in [4.69, 9.17) is 11.6 Å². The summed E-state index contributed by atoms with van der Waals surface area (Å²) in [7, 11) is 0. The van der Waals surface area contributed by atoms with Crippen molar-refractivity contribution in [2.75, 3.05) is 4.90 Å². The number of carbonyl (C=O) groups excluding carboxylic acids is 2. The van der Waals surface area contributed by atoms with Crippen LogP contribution in [0.25, 0.3) is 11.6 Å². The first-order chi connectivity index (χ1) is 13.1. The SMILES string of the molecule is Cc1ccccc1N1C(=O)/C(=C\c2ccccc2Cl)c2ccccc2C1=O. The van der Waals surface area contributed by atoms with Crippen LogP contribution in [-0.4, -0.2) is 11.8 Å². The topological polar surface area (TPSA) is 37.4 Å². The van der Waals surface area contributed by atoms with Gasteiger partial charge in [0.1, 0.15) is 0 Å². The van der Waals surface area contributed by atoms with Crippen molar-refractivity contribution in [1.29, 1.82) is 0 Å². The molecule has 1 heterocycles. The van der Waals surface area contributed by atoms with Crippen molar-refractivity contribution < 1.29 is 9.59 Å². The Kier molecular flexibility index (Phi) is 4.38. The monoisotopic (exact) mass is 373 g/mol. The number of halogens is 1. The van der Waals surface area contributed by atoms with Crippen molar-refractivity contribution in [3.8, 4) is 0 Å². The van der Waals surface area contributed by atoms with Crippen molar-refractivity contribution in [2.24, 2.45) is 0 Å². The molecule has 0 atom stereocenters. The summed E-state index contributed by atoms with van der Waals surface area (Å²) in [5.41, 5.74) is 3.75. The molecule has 0 bridgehead atoms. The summed E-state index contributed by atoms with van der Waals surface area (Å²) in [6.07, 6.45) is 1.75. The van der Waals surface area contributed by atoms with Gasteiger partial charge in [-0.1, -0.05) is 66.2 Å². The highest BCUT2D eigenvalue weighted by Crippen LogP contribution is 2.35. The van der Waals surface area contributed by atoms with Crippen molar-refractivity contribution in [3.63, 3.8) is 0 Å². The normalized spacial score (nSPS) is 15.2. The van der Waals surface area contributed by atoms with Gasteiger partial charge in [-0.25, -0.2) is 4.90 Å². The fraction of sp³-hybridized carbons (Fsp3) is 0.0435. The molecule has 4 rings (SSSR count). The third-order valence-corrected chi connectivity index (χ3v) is 4.99. The first kappa shape index (κ1) is 17.3. The molecule has 132 valence electrons. The molecular weight excluding hydrogens is 358 g/mol. The molecule has 2 amide bonds. The second-order valence-corrected chi connectivity index (χ2v) is 6.76. The highest BCUT2D eigenvalue weighted by molar-refractivity contribution is 6.43. The third-order valence-electron chi connectivity index (χ3n) is 4.65. The standard InChI is InChI=1S/C23H16ClNO2/c1-15-8-2-7-13-21(15)25-22(26)18-11-5-4-10-17(18)19(23(25)27)14-16-9-3-6-12-20(16)24/h2-14H,1H3/b19-14-. The molecule has 0 spiro atoms. The van der Waals surface area contributed by atoms with E-state index in [0.717, 1.165) is 11.1 Å². The van der Waals surface area contributed by atoms with E-state index in [0.29, 0.717) is 27.4 Å². The summed E-state index contributed by atoms with van der Waals surface area (Å²) in [5, 5.41) is 0.551. The van der Waals surface area contributed by atoms with Crippen molar-refractivity contribution >= 4 is 40.8 Å². The van der Waals surface area contributed by atoms with E-state index >= 15 is 0 Å². The smallest absolute Gasteiger partial charge is 0.265 e. The lowest BCUT2D eigenvalue weighted by Gasteiger charge is -2.29. The summed E-state index contributed by atoms with van der Waals surface area (Å²) in [5.74, 6) is -0.672. The molecule has 0 saturated heterocycles. The van der Waals surface area contributed by atoms with E-state index in [1.165, 1.54) is 4.90 Å². The number of rotatable bonds is 2. The molecule has 0 aliphatic carbocycles. The zero-order valence-corrected chi connectivity index (χ0v) is 15.4. The van der Waals surface area contributed by atoms with Crippen LogP contribution in [0.2, 0.25) is 5.02 Å². The number of anilines is 1. The lowest BCUT2D eigenvalue weighted by Crippen LogP contribution is -2.42. The van der Waals surface area contributed by atoms with Crippen LogP contribution in [-0.2, 0) is 4.79 Å². The molecule has 0 radical (unpaired) electrons. The average Bonchev–Trinajstić information content (AvgIpc) is 2.68. The molecule has 4 heteroatoms. The number of para-hydroxylation sites is 1. The van der Waals surface area contributed by atoms with Crippen LogP contribution in [0, 0.1) is 6.92 Å². The molecule has 3 nitrogen and oxygen atoms in total. The van der Waals surface area contributed by atoms with E-state index in [1.54, 1.807) is 36.4 Å². The molecule has 0 fully saturated rings. The summed E-state index contributed by atoms with van der Waals surface area (Å²) < 4.78 is 0. The second-order valence-electron chi connectivity index (χ2n) is 6.36. The molecule has 1 aliphatic heterocycles. The molecular formula is C23H16ClNO2. The molecule has 0 saturated carbocycles. The molecule has 0 N–H and O–H groups in total. The fourth-order valence-corrected chi connectivity index (χ4v) is 3.46. The molecule has 0 unspecified atom stereocenters. The summed E-state index contributed by atoms with van der Waals surface area (Å²) >= 11 is 6.29. The number of benzene rings is 3. The van der Waals surface area contributed by atoms with E-state index in [2.05, 4.69) is 0 Å². The number of imide groups is 1. The quantitative estimate of drug-likeness (QED) is 0.447. The van der Waals surface area contributed by atoms with Crippen LogP contribution in [0.1, 0.15) is 27.0 Å². The van der Waals surface area contributed by atoms with Crippen LogP contribution in [0.5, 0.6) is 0 Å². The predicted octanol–water partition coefficient (Wildman–Crippen LogP) is 5.38. The molecule has 1 aliphatic rings. The largest absolute Gasteiger partial charge is 0.268 e. The van der Waals surface area contributed by atoms with Crippen LogP contribution < -0.4 is 4.90 Å². The summed E-state index contributed by atoms with van der Waals surface area (Å²) in [4.78, 5) is 27.7. The minimum Gasteiger partial charge on any atom is -0.268 e. The minimum atomic E-state index is -0.354. The maximum Gasteiger partial charge on any atom is 0.265 e. The Morgan fingerprint density at radius 3 is 2.15 bits per heavy atom. The van der Waals surface area contributed by atoms with E-state index < -0.39 is 0 Å². The minimum absolute atomic E-state index is 0.318. The van der Waals surface area contributed by atoms with Gasteiger partial charge in [0.25, 0.3) is 11.8 Å². The van der Waals surface area contributed by atoms with E-state index in [1.807, 2.05) is 49.4 Å². The molecule has 0 aromatic heterocycles. The highest BCUT2D eigenvalue weighted by atomic mass is 35.5. The summed E-state index contributed by atoms with van der Waals surface area (Å²) in [6.45, 7) is 1.88. The fourth-order valence-electron chi connectivity index (χ4n) is 3.27. The lowest BCUT2D eigenvalue weighted by atomic mass is 9.91. The number of amides is 2. The second kappa shape index (κ2) is 6.86. The first-order valence-electron chi connectivity index (χ1n) is 8.58. The van der Waals surface area contributed by atoms with Gasteiger partial charge in [-0.2, -0.15) is 0 Å².